The van der Waals surface area contributed by atoms with E-state index in [4.69, 9.17) is 0 Å². The summed E-state index contributed by atoms with van der Waals surface area (Å²) in [7, 11) is 1.69. The van der Waals surface area contributed by atoms with Crippen LogP contribution in [0.4, 0.5) is 4.39 Å². The van der Waals surface area contributed by atoms with Crippen molar-refractivity contribution in [1.82, 2.24) is 0 Å². The van der Waals surface area contributed by atoms with E-state index in [9.17, 15) is 9.18 Å². The van der Waals surface area contributed by atoms with E-state index in [2.05, 4.69) is 4.99 Å². The first-order valence-corrected chi connectivity index (χ1v) is 7.69. The maximum absolute atomic E-state index is 13.4. The normalized spacial score (nSPS) is 13.1. The summed E-state index contributed by atoms with van der Waals surface area (Å²) in [6.45, 7) is 3.74. The number of hydrogen-bond acceptors (Lipinski definition) is 2. The van der Waals surface area contributed by atoms with Crippen LogP contribution in [0.3, 0.4) is 0 Å². The van der Waals surface area contributed by atoms with Crippen LogP contribution in [0, 0.1) is 12.7 Å². The van der Waals surface area contributed by atoms with Crippen LogP contribution in [-0.2, 0) is 4.79 Å². The molecule has 2 aromatic carbocycles. The van der Waals surface area contributed by atoms with Crippen LogP contribution in [0.5, 0.6) is 0 Å². The van der Waals surface area contributed by atoms with Gasteiger partial charge in [0.2, 0.25) is 0 Å². The van der Waals surface area contributed by atoms with Crippen molar-refractivity contribution < 1.29 is 10.6 Å². The molecule has 0 fully saturated rings. The second-order valence-corrected chi connectivity index (χ2v) is 5.52. The topological polar surface area (TPSA) is 29.4 Å². The quantitative estimate of drug-likeness (QED) is 0.328. The Morgan fingerprint density at radius 2 is 1.88 bits per heavy atom. The van der Waals surface area contributed by atoms with Crippen molar-refractivity contribution in [3.63, 3.8) is 0 Å². The molecule has 0 saturated heterocycles. The first kappa shape index (κ1) is 17.5. The molecule has 0 N–H and O–H groups in total. The average molecular weight is 323 g/mol. The Kier molecular flexibility index (Phi) is 5.96. The number of benzene rings is 2. The fourth-order valence-corrected chi connectivity index (χ4v) is 2.36. The summed E-state index contributed by atoms with van der Waals surface area (Å²) in [5.41, 5.74) is 4.65. The van der Waals surface area contributed by atoms with Gasteiger partial charge in [-0.3, -0.25) is 9.79 Å². The maximum atomic E-state index is 13.4. The van der Waals surface area contributed by atoms with Crippen LogP contribution in [0.1, 0.15) is 25.0 Å². The predicted octanol–water partition coefficient (Wildman–Crippen LogP) is 5.03. The molecule has 0 atom stereocenters. The molecule has 0 unspecified atom stereocenters. The number of nitrogens with zero attached hydrogens (tertiary/aromatic N) is 1. The van der Waals surface area contributed by atoms with Crippen molar-refractivity contribution in [2.75, 3.05) is 7.05 Å². The molecule has 124 valence electrons. The van der Waals surface area contributed by atoms with E-state index < -0.39 is 0 Å². The Morgan fingerprint density at radius 3 is 2.50 bits per heavy atom. The molecule has 24 heavy (non-hydrogen) atoms. The number of carbonyl (C=O) groups is 1. The van der Waals surface area contributed by atoms with Crippen LogP contribution in [0.2, 0.25) is 0 Å². The molecule has 0 spiro atoms. The van der Waals surface area contributed by atoms with Crippen molar-refractivity contribution in [1.29, 1.82) is 0 Å². The van der Waals surface area contributed by atoms with Gasteiger partial charge in [0.25, 0.3) is 0 Å². The van der Waals surface area contributed by atoms with Gasteiger partial charge >= 0.3 is 0 Å². The molecular weight excluding hydrogens is 301 g/mol. The highest BCUT2D eigenvalue weighted by atomic mass is 19.1. The Hall–Kier alpha value is -2.81. The Labute approximate surface area is 143 Å². The van der Waals surface area contributed by atoms with Crippen molar-refractivity contribution in [2.45, 2.75) is 13.8 Å². The number of aryl methyl sites for hydroxylation is 1. The first-order chi connectivity index (χ1) is 11.5. The summed E-state index contributed by atoms with van der Waals surface area (Å²) in [6, 6.07) is 14.3. The van der Waals surface area contributed by atoms with Crippen molar-refractivity contribution >= 4 is 18.1 Å². The monoisotopic (exact) mass is 323 g/mol. The number of halogens is 1. The lowest BCUT2D eigenvalue weighted by Crippen LogP contribution is -2.00. The van der Waals surface area contributed by atoms with Crippen molar-refractivity contribution in [3.8, 4) is 0 Å². The van der Waals surface area contributed by atoms with Crippen LogP contribution in [-0.4, -0.2) is 19.0 Å². The molecule has 0 aromatic heterocycles. The summed E-state index contributed by atoms with van der Waals surface area (Å²) in [4.78, 5) is 15.8. The Morgan fingerprint density at radius 1 is 1.17 bits per heavy atom. The lowest BCUT2D eigenvalue weighted by atomic mass is 9.99. The minimum absolute atomic E-state index is 0. The number of aldehydes is 1. The Bertz CT molecular complexity index is 823. The fourth-order valence-electron chi connectivity index (χ4n) is 2.36. The molecule has 0 bridgehead atoms. The van der Waals surface area contributed by atoms with Gasteiger partial charge in [-0.2, -0.15) is 0 Å². The van der Waals surface area contributed by atoms with E-state index in [0.717, 1.165) is 34.3 Å². The molecule has 0 aliphatic heterocycles. The lowest BCUT2D eigenvalue weighted by Gasteiger charge is -2.06. The van der Waals surface area contributed by atoms with E-state index in [0.29, 0.717) is 5.57 Å². The number of carbonyl (C=O) groups excluding carboxylic acids is 1. The van der Waals surface area contributed by atoms with E-state index in [1.54, 1.807) is 19.2 Å². The van der Waals surface area contributed by atoms with Crippen molar-refractivity contribution in [3.05, 3.63) is 88.3 Å². The largest absolute Gasteiger partial charge is 0.298 e. The van der Waals surface area contributed by atoms with Gasteiger partial charge in [0.15, 0.2) is 0 Å². The van der Waals surface area contributed by atoms with Gasteiger partial charge in [-0.25, -0.2) is 4.39 Å². The van der Waals surface area contributed by atoms with Gasteiger partial charge in [0.05, 0.1) is 5.71 Å². The minimum atomic E-state index is -0.295. The van der Waals surface area contributed by atoms with Gasteiger partial charge in [-0.15, -0.1) is 0 Å². The number of aliphatic imine (C=N–C) groups is 1. The summed E-state index contributed by atoms with van der Waals surface area (Å²) in [6.07, 6.45) is 4.37. The SMILES string of the molecule is CN=C(/C=C(C=O)/C(C)=C/c1cc(F)ccc1C)c1ccccc1.[HH]. The molecule has 0 aliphatic carbocycles. The first-order valence-electron chi connectivity index (χ1n) is 7.69. The minimum Gasteiger partial charge on any atom is -0.298 e. The molecular formula is C21H22FNO. The summed E-state index contributed by atoms with van der Waals surface area (Å²) in [5.74, 6) is -0.295. The molecule has 0 heterocycles. The number of rotatable bonds is 5. The third kappa shape index (κ3) is 4.35. The Balaban J connectivity index is 0.00000312. The van der Waals surface area contributed by atoms with Gasteiger partial charge in [0.1, 0.15) is 12.1 Å². The number of hydrogen-bond donors (Lipinski definition) is 0. The van der Waals surface area contributed by atoms with E-state index >= 15 is 0 Å². The number of allylic oxidation sites excluding steroid dienone is 3. The molecule has 2 nitrogen and oxygen atoms in total. The molecule has 0 radical (unpaired) electrons. The summed E-state index contributed by atoms with van der Waals surface area (Å²) < 4.78 is 13.4. The zero-order valence-corrected chi connectivity index (χ0v) is 14.1. The van der Waals surface area contributed by atoms with Gasteiger partial charge in [-0.1, -0.05) is 42.5 Å². The van der Waals surface area contributed by atoms with Crippen LogP contribution < -0.4 is 0 Å². The van der Waals surface area contributed by atoms with E-state index in [-0.39, 0.29) is 7.24 Å². The van der Waals surface area contributed by atoms with E-state index in [1.807, 2.05) is 50.3 Å². The standard InChI is InChI=1S/C21H20FNO.H2/c1-15-9-10-20(22)12-18(15)11-16(2)19(14-24)13-21(23-3)17-7-5-4-6-8-17;/h4-14H,1-3H3;1H/b16-11+,19-13+,23-21?;. The maximum Gasteiger partial charge on any atom is 0.150 e. The third-order valence-corrected chi connectivity index (χ3v) is 3.80. The van der Waals surface area contributed by atoms with Crippen LogP contribution in [0.25, 0.3) is 6.08 Å². The highest BCUT2D eigenvalue weighted by Gasteiger charge is 2.06. The molecule has 2 rings (SSSR count). The molecule has 2 aromatic rings. The van der Waals surface area contributed by atoms with Gasteiger partial charge in [0, 0.05) is 14.0 Å². The fraction of sp³-hybridized carbons (Fsp3) is 0.143. The van der Waals surface area contributed by atoms with Gasteiger partial charge < -0.3 is 0 Å². The highest BCUT2D eigenvalue weighted by Crippen LogP contribution is 2.18. The average Bonchev–Trinajstić information content (AvgIpc) is 2.60. The third-order valence-electron chi connectivity index (χ3n) is 3.80. The predicted molar refractivity (Wildman–Crippen MR) is 100.0 cm³/mol. The van der Waals surface area contributed by atoms with Gasteiger partial charge in [-0.05, 0) is 54.3 Å². The molecule has 0 amide bonds. The zero-order valence-electron chi connectivity index (χ0n) is 14.1. The summed E-state index contributed by atoms with van der Waals surface area (Å²) in [5, 5.41) is 0. The smallest absolute Gasteiger partial charge is 0.150 e. The lowest BCUT2D eigenvalue weighted by molar-refractivity contribution is -0.104. The van der Waals surface area contributed by atoms with E-state index in [1.165, 1.54) is 12.1 Å². The van der Waals surface area contributed by atoms with Crippen LogP contribution in [0.15, 0.2) is 70.7 Å². The molecule has 0 aliphatic rings. The summed E-state index contributed by atoms with van der Waals surface area (Å²) >= 11 is 0. The highest BCUT2D eigenvalue weighted by molar-refractivity contribution is 6.11. The second kappa shape index (κ2) is 8.16. The van der Waals surface area contributed by atoms with Crippen molar-refractivity contribution in [2.24, 2.45) is 4.99 Å². The van der Waals surface area contributed by atoms with Crippen LogP contribution >= 0.6 is 0 Å². The second-order valence-electron chi connectivity index (χ2n) is 5.52. The molecule has 0 saturated carbocycles. The zero-order chi connectivity index (χ0) is 17.5. The molecule has 3 heteroatoms.